The van der Waals surface area contributed by atoms with Gasteiger partial charge in [-0.3, -0.25) is 0 Å². The van der Waals surface area contributed by atoms with Crippen LogP contribution in [0.4, 0.5) is 13.6 Å². The zero-order valence-corrected chi connectivity index (χ0v) is 20.0. The number of carboxylic acid groups (broad SMARTS) is 1. The molecule has 4 rings (SSSR count). The zero-order valence-electron chi connectivity index (χ0n) is 20.0. The molecule has 1 aliphatic rings. The summed E-state index contributed by atoms with van der Waals surface area (Å²) in [5.41, 5.74) is 0.384. The largest absolute Gasteiger partial charge is 0.478 e. The van der Waals surface area contributed by atoms with E-state index in [4.69, 9.17) is 14.6 Å². The molecule has 8 nitrogen and oxygen atoms in total. The maximum atomic E-state index is 15.0. The molecule has 1 aromatic carbocycles. The predicted molar refractivity (Wildman–Crippen MR) is 123 cm³/mol. The molecule has 0 unspecified atom stereocenters. The molecule has 3 heterocycles. The summed E-state index contributed by atoms with van der Waals surface area (Å²) in [6.45, 7) is 8.11. The van der Waals surface area contributed by atoms with Crippen molar-refractivity contribution in [2.24, 2.45) is 0 Å². The van der Waals surface area contributed by atoms with Crippen molar-refractivity contribution in [2.45, 2.75) is 45.8 Å². The van der Waals surface area contributed by atoms with E-state index in [1.807, 2.05) is 13.0 Å². The van der Waals surface area contributed by atoms with Crippen LogP contribution in [0.1, 0.15) is 42.4 Å². The lowest BCUT2D eigenvalue weighted by molar-refractivity contribution is -0.0418. The lowest BCUT2D eigenvalue weighted by atomic mass is 10.0. The van der Waals surface area contributed by atoms with Crippen LogP contribution in [0, 0.1) is 18.6 Å². The van der Waals surface area contributed by atoms with E-state index in [0.717, 1.165) is 17.7 Å². The summed E-state index contributed by atoms with van der Waals surface area (Å²) in [7, 11) is 0. The summed E-state index contributed by atoms with van der Waals surface area (Å²) in [6, 6.07) is 5.18. The van der Waals surface area contributed by atoms with Gasteiger partial charge in [-0.1, -0.05) is 0 Å². The van der Waals surface area contributed by atoms with Gasteiger partial charge in [0.25, 0.3) is 0 Å². The fourth-order valence-corrected chi connectivity index (χ4v) is 4.07. The van der Waals surface area contributed by atoms with Crippen LogP contribution in [-0.4, -0.2) is 62.9 Å². The second-order valence-corrected chi connectivity index (χ2v) is 9.58. The van der Waals surface area contributed by atoms with E-state index in [-0.39, 0.29) is 25.3 Å². The summed E-state index contributed by atoms with van der Waals surface area (Å²) in [6.07, 6.45) is 1.03. The van der Waals surface area contributed by atoms with Crippen LogP contribution in [0.3, 0.4) is 0 Å². The van der Waals surface area contributed by atoms with Crippen molar-refractivity contribution in [1.82, 2.24) is 14.3 Å². The highest BCUT2D eigenvalue weighted by molar-refractivity contribution is 5.88. The third-order valence-electron chi connectivity index (χ3n) is 5.62. The Morgan fingerprint density at radius 2 is 1.91 bits per heavy atom. The number of nitrogens with zero attached hydrogens (tertiary/aromatic N) is 3. The van der Waals surface area contributed by atoms with Gasteiger partial charge in [0.15, 0.2) is 0 Å². The van der Waals surface area contributed by atoms with Crippen molar-refractivity contribution < 1.29 is 33.0 Å². The normalized spacial score (nSPS) is 16.5. The number of hydrogen-bond acceptors (Lipinski definition) is 5. The number of carboxylic acids is 1. The molecule has 1 saturated heterocycles. The van der Waals surface area contributed by atoms with Crippen LogP contribution in [0.5, 0.6) is 0 Å². The number of aromatic carboxylic acids is 1. The van der Waals surface area contributed by atoms with Gasteiger partial charge in [0.2, 0.25) is 0 Å². The molecule has 0 bridgehead atoms. The number of carbonyl (C=O) groups is 2. The number of pyridine rings is 1. The monoisotopic (exact) mass is 487 g/mol. The first kappa shape index (κ1) is 24.6. The number of amides is 1. The third-order valence-corrected chi connectivity index (χ3v) is 5.62. The lowest BCUT2D eigenvalue weighted by Gasteiger charge is -2.34. The molecular weight excluding hydrogens is 460 g/mol. The fourth-order valence-electron chi connectivity index (χ4n) is 4.07. The maximum absolute atomic E-state index is 15.0. The van der Waals surface area contributed by atoms with E-state index in [1.54, 1.807) is 42.3 Å². The molecule has 0 saturated carbocycles. The highest BCUT2D eigenvalue weighted by Gasteiger charge is 2.31. The number of rotatable bonds is 4. The highest BCUT2D eigenvalue weighted by atomic mass is 19.1. The van der Waals surface area contributed by atoms with Gasteiger partial charge in [-0.2, -0.15) is 0 Å². The lowest BCUT2D eigenvalue weighted by Crippen LogP contribution is -2.48. The molecule has 1 fully saturated rings. The van der Waals surface area contributed by atoms with Crippen molar-refractivity contribution in [1.29, 1.82) is 0 Å². The number of aromatic nitrogens is 2. The van der Waals surface area contributed by atoms with Gasteiger partial charge in [-0.25, -0.2) is 23.4 Å². The standard InChI is InChI=1S/C25H27F2N3O5/c1-14-5-6-30-19(12-16-13-29(7-8-34-16)24(33)35-25(2,3)4)22(28-20(30)9-14)21-17(26)10-15(23(31)32)11-18(21)27/h5-6,9-11,16H,7-8,12-13H2,1-4H3,(H,31,32)/t16-/m0/s1. The van der Waals surface area contributed by atoms with Crippen LogP contribution in [-0.2, 0) is 15.9 Å². The van der Waals surface area contributed by atoms with Crippen molar-refractivity contribution in [3.8, 4) is 11.3 Å². The van der Waals surface area contributed by atoms with Gasteiger partial charge >= 0.3 is 12.1 Å². The molecule has 0 spiro atoms. The number of benzene rings is 1. The number of aryl methyl sites for hydroxylation is 1. The average Bonchev–Trinajstić information content (AvgIpc) is 3.09. The predicted octanol–water partition coefficient (Wildman–Crippen LogP) is 4.46. The van der Waals surface area contributed by atoms with Crippen LogP contribution in [0.25, 0.3) is 16.9 Å². The molecule has 1 amide bonds. The number of ether oxygens (including phenoxy) is 2. The Bertz CT molecular complexity index is 1280. The zero-order chi connectivity index (χ0) is 25.5. The molecule has 3 aromatic rings. The Morgan fingerprint density at radius 1 is 1.23 bits per heavy atom. The number of carbonyl (C=O) groups excluding carboxylic acids is 1. The maximum Gasteiger partial charge on any atom is 0.410 e. The average molecular weight is 488 g/mol. The smallest absolute Gasteiger partial charge is 0.410 e. The minimum Gasteiger partial charge on any atom is -0.478 e. The Balaban J connectivity index is 1.72. The van der Waals surface area contributed by atoms with E-state index in [9.17, 15) is 18.4 Å². The van der Waals surface area contributed by atoms with E-state index in [0.29, 0.717) is 17.9 Å². The van der Waals surface area contributed by atoms with Crippen LogP contribution in [0.2, 0.25) is 0 Å². The number of imidazole rings is 1. The molecule has 1 N–H and O–H groups in total. The molecule has 10 heteroatoms. The first-order valence-corrected chi connectivity index (χ1v) is 11.2. The van der Waals surface area contributed by atoms with Gasteiger partial charge in [-0.05, 0) is 57.5 Å². The van der Waals surface area contributed by atoms with Crippen molar-refractivity contribution >= 4 is 17.7 Å². The van der Waals surface area contributed by atoms with Crippen molar-refractivity contribution in [3.63, 3.8) is 0 Å². The highest BCUT2D eigenvalue weighted by Crippen LogP contribution is 2.32. The quantitative estimate of drug-likeness (QED) is 0.584. The van der Waals surface area contributed by atoms with Gasteiger partial charge in [0, 0.05) is 19.2 Å². The molecule has 1 atom stereocenters. The van der Waals surface area contributed by atoms with Crippen LogP contribution < -0.4 is 0 Å². The number of halogens is 2. The van der Waals surface area contributed by atoms with Gasteiger partial charge < -0.3 is 23.9 Å². The summed E-state index contributed by atoms with van der Waals surface area (Å²) >= 11 is 0. The summed E-state index contributed by atoms with van der Waals surface area (Å²) in [5, 5.41) is 9.14. The second kappa shape index (κ2) is 9.26. The molecule has 0 radical (unpaired) electrons. The molecular formula is C25H27F2N3O5. The second-order valence-electron chi connectivity index (χ2n) is 9.58. The minimum atomic E-state index is -1.43. The Labute approximate surface area is 201 Å². The number of fused-ring (bicyclic) bond motifs is 1. The van der Waals surface area contributed by atoms with E-state index >= 15 is 0 Å². The molecule has 1 aliphatic heterocycles. The molecule has 35 heavy (non-hydrogen) atoms. The fraction of sp³-hybridized carbons (Fsp3) is 0.400. The molecule has 186 valence electrons. The van der Waals surface area contributed by atoms with E-state index < -0.39 is 46.5 Å². The molecule has 2 aromatic heterocycles. The van der Waals surface area contributed by atoms with Gasteiger partial charge in [-0.15, -0.1) is 0 Å². The number of morpholine rings is 1. The number of hydrogen-bond donors (Lipinski definition) is 1. The Hall–Kier alpha value is -3.53. The minimum absolute atomic E-state index is 0.0560. The van der Waals surface area contributed by atoms with Crippen molar-refractivity contribution in [2.75, 3.05) is 19.7 Å². The van der Waals surface area contributed by atoms with Crippen LogP contribution >= 0.6 is 0 Å². The molecule has 0 aliphatic carbocycles. The third kappa shape index (κ3) is 5.27. The first-order valence-electron chi connectivity index (χ1n) is 11.2. The van der Waals surface area contributed by atoms with Crippen molar-refractivity contribution in [3.05, 3.63) is 58.9 Å². The topological polar surface area (TPSA) is 93.4 Å². The Morgan fingerprint density at radius 3 is 2.54 bits per heavy atom. The van der Waals surface area contributed by atoms with E-state index in [1.165, 1.54) is 0 Å². The van der Waals surface area contributed by atoms with Crippen LogP contribution in [0.15, 0.2) is 30.5 Å². The van der Waals surface area contributed by atoms with E-state index in [2.05, 4.69) is 4.98 Å². The summed E-state index contributed by atoms with van der Waals surface area (Å²) in [5.74, 6) is -3.48. The first-order chi connectivity index (χ1) is 16.4. The van der Waals surface area contributed by atoms with Gasteiger partial charge in [0.05, 0.1) is 41.8 Å². The SMILES string of the molecule is Cc1ccn2c(C[C@H]3CN(C(=O)OC(C)(C)C)CCO3)c(-c3c(F)cc(C(=O)O)cc3F)nc2c1. The summed E-state index contributed by atoms with van der Waals surface area (Å²) in [4.78, 5) is 29.8. The summed E-state index contributed by atoms with van der Waals surface area (Å²) < 4.78 is 43.1. The van der Waals surface area contributed by atoms with Gasteiger partial charge in [0.1, 0.15) is 22.9 Å². The Kier molecular flexibility index (Phi) is 6.50.